The maximum absolute atomic E-state index is 14.6. The summed E-state index contributed by atoms with van der Waals surface area (Å²) in [4.78, 5) is 49.6. The monoisotopic (exact) mass is 1200 g/mol. The van der Waals surface area contributed by atoms with E-state index < -0.39 is 72.5 Å². The van der Waals surface area contributed by atoms with E-state index in [9.17, 15) is 67.4 Å². The Morgan fingerprint density at radius 2 is 0.867 bits per heavy atom. The number of halogens is 4. The molecule has 0 saturated heterocycles. The van der Waals surface area contributed by atoms with Crippen LogP contribution < -0.4 is 20.8 Å². The molecule has 0 unspecified atom stereocenters. The van der Waals surface area contributed by atoms with E-state index in [0.29, 0.717) is 67.5 Å². The number of carboxylic acids is 2. The zero-order valence-corrected chi connectivity index (χ0v) is 49.8. The summed E-state index contributed by atoms with van der Waals surface area (Å²) in [6, 6.07) is 28.7. The molecule has 0 saturated carbocycles. The Kier molecular flexibility index (Phi) is 24.0. The van der Waals surface area contributed by atoms with Gasteiger partial charge in [-0.05, 0) is 143 Å². The van der Waals surface area contributed by atoms with Gasteiger partial charge in [-0.3, -0.25) is 9.59 Å². The number of carbonyl (C=O) groups is 4. The molecular weight excluding hydrogens is 1140 g/mol. The minimum absolute atomic E-state index is 0. The SMILES string of the molecule is CC(C)c1c(C(=O)Nc2ccccc2)c(-c2ccsc2)c(-c2ccc(F)c(F)c2)n1CC[C@@H](O)C[C@@H](O)CC(=O)[O-].CC(C)c1c(C(=O)Nc2ccccc2)c(-c2ccsc2)c(-c2ccc(F)c(F)c2)n1CC[C@@H](O)C[C@@H](O)CC(=O)[O-].[Ca+2]. The van der Waals surface area contributed by atoms with Crippen LogP contribution in [0, 0.1) is 23.3 Å². The fourth-order valence-electron chi connectivity index (χ4n) is 10.1. The number of amides is 2. The summed E-state index contributed by atoms with van der Waals surface area (Å²) in [6.45, 7) is 7.96. The number of aliphatic carboxylic acids is 2. The number of hydrogen-bond donors (Lipinski definition) is 6. The number of nitrogens with one attached hydrogen (secondary N) is 2. The van der Waals surface area contributed by atoms with E-state index >= 15 is 0 Å². The van der Waals surface area contributed by atoms with E-state index in [0.717, 1.165) is 35.4 Å². The molecule has 83 heavy (non-hydrogen) atoms. The summed E-state index contributed by atoms with van der Waals surface area (Å²) in [6.07, 6.45) is -6.13. The van der Waals surface area contributed by atoms with Gasteiger partial charge in [0.2, 0.25) is 0 Å². The minimum Gasteiger partial charge on any atom is -0.550 e. The molecule has 0 bridgehead atoms. The first-order valence-electron chi connectivity index (χ1n) is 26.5. The smallest absolute Gasteiger partial charge is 0.550 e. The molecule has 6 N–H and O–H groups in total. The first kappa shape index (κ1) is 65.7. The van der Waals surface area contributed by atoms with Crippen molar-refractivity contribution >= 4 is 95.5 Å². The Bertz CT molecular complexity index is 3240. The molecule has 14 nitrogen and oxygen atoms in total. The van der Waals surface area contributed by atoms with Crippen LogP contribution >= 0.6 is 22.7 Å². The Hall–Kier alpha value is -6.46. The zero-order valence-electron chi connectivity index (χ0n) is 46.0. The minimum atomic E-state index is -1.42. The van der Waals surface area contributed by atoms with Crippen LogP contribution in [0.25, 0.3) is 44.8 Å². The van der Waals surface area contributed by atoms with Crippen molar-refractivity contribution in [1.82, 2.24) is 9.13 Å². The third-order valence-electron chi connectivity index (χ3n) is 13.5. The fraction of sp³-hybridized carbons (Fsp3) is 0.290. The first-order chi connectivity index (χ1) is 39.1. The molecule has 4 aromatic heterocycles. The standard InChI is InChI=1S/2C31H32F2N2O5S.Ca/c2*1-18(2)29-28(31(40)34-21-6-4-3-5-7-21)27(20-11-13-41-17-20)30(19-8-9-24(32)25(33)14-19)35(29)12-10-22(36)15-23(37)16-26(38)39;/h2*3-9,11,13-14,17-18,22-23,36-37H,10,12,15-16H2,1-2H3,(H,34,40)(H,38,39);/q;;+2/p-2/t2*22-,23-;/m11./s1. The van der Waals surface area contributed by atoms with Gasteiger partial charge in [0.05, 0.1) is 46.9 Å². The van der Waals surface area contributed by atoms with Gasteiger partial charge < -0.3 is 60.0 Å². The Balaban J connectivity index is 0.000000263. The zero-order chi connectivity index (χ0) is 59.4. The van der Waals surface area contributed by atoms with E-state index in [1.54, 1.807) is 48.5 Å². The average molecular weight is 1200 g/mol. The van der Waals surface area contributed by atoms with Crippen LogP contribution in [0.2, 0.25) is 0 Å². The second-order valence-electron chi connectivity index (χ2n) is 20.3. The molecule has 0 aliphatic rings. The number of rotatable bonds is 24. The molecular formula is C62H62CaF4N4O10S2. The van der Waals surface area contributed by atoms with Gasteiger partial charge in [-0.2, -0.15) is 22.7 Å². The maximum Gasteiger partial charge on any atom is 2.00 e. The predicted octanol–water partition coefficient (Wildman–Crippen LogP) is 9.98. The number of anilines is 2. The van der Waals surface area contributed by atoms with Crippen molar-refractivity contribution in [2.75, 3.05) is 10.6 Å². The fourth-order valence-corrected chi connectivity index (χ4v) is 11.4. The third-order valence-corrected chi connectivity index (χ3v) is 14.9. The van der Waals surface area contributed by atoms with Crippen LogP contribution in [-0.2, 0) is 22.7 Å². The molecule has 0 fully saturated rings. The van der Waals surface area contributed by atoms with Gasteiger partial charge >= 0.3 is 37.7 Å². The summed E-state index contributed by atoms with van der Waals surface area (Å²) >= 11 is 2.85. The Labute approximate surface area is 515 Å². The van der Waals surface area contributed by atoms with Gasteiger partial charge in [0, 0.05) is 82.9 Å². The molecule has 0 aliphatic heterocycles. The predicted molar refractivity (Wildman–Crippen MR) is 311 cm³/mol. The van der Waals surface area contributed by atoms with E-state index in [-0.39, 0.29) is 100 Å². The van der Waals surface area contributed by atoms with Gasteiger partial charge in [0.25, 0.3) is 11.8 Å². The molecule has 4 heterocycles. The van der Waals surface area contributed by atoms with Crippen LogP contribution in [0.15, 0.2) is 131 Å². The molecule has 4 aromatic carbocycles. The van der Waals surface area contributed by atoms with Crippen molar-refractivity contribution in [3.8, 4) is 44.8 Å². The topological polar surface area (TPSA) is 229 Å². The quantitative estimate of drug-likeness (QED) is 0.0248. The first-order valence-corrected chi connectivity index (χ1v) is 28.3. The average Bonchev–Trinajstić information content (AvgIpc) is 3.17. The summed E-state index contributed by atoms with van der Waals surface area (Å²) in [5.74, 6) is -8.12. The molecule has 4 atom stereocenters. The molecule has 432 valence electrons. The normalized spacial score (nSPS) is 12.7. The number of nitrogens with zero attached hydrogens (tertiary/aromatic N) is 2. The second kappa shape index (κ2) is 30.4. The molecule has 8 rings (SSSR count). The van der Waals surface area contributed by atoms with Crippen LogP contribution in [-0.4, -0.2) is 115 Å². The van der Waals surface area contributed by atoms with Crippen molar-refractivity contribution in [1.29, 1.82) is 0 Å². The number of para-hydroxylation sites is 2. The number of carboxylic acid groups (broad SMARTS) is 2. The Morgan fingerprint density at radius 3 is 1.17 bits per heavy atom. The third kappa shape index (κ3) is 16.9. The summed E-state index contributed by atoms with van der Waals surface area (Å²) in [5.41, 5.74) is 7.34. The maximum atomic E-state index is 14.6. The number of aliphatic hydroxyl groups excluding tert-OH is 4. The molecule has 8 aromatic rings. The van der Waals surface area contributed by atoms with Gasteiger partial charge in [0.1, 0.15) is 0 Å². The number of aliphatic hydroxyl groups is 4. The van der Waals surface area contributed by atoms with Gasteiger partial charge in [0.15, 0.2) is 23.3 Å². The largest absolute Gasteiger partial charge is 2.00 e. The van der Waals surface area contributed by atoms with Crippen LogP contribution in [0.3, 0.4) is 0 Å². The van der Waals surface area contributed by atoms with Crippen molar-refractivity contribution in [3.05, 3.63) is 176 Å². The van der Waals surface area contributed by atoms with Crippen molar-refractivity contribution in [3.63, 3.8) is 0 Å². The van der Waals surface area contributed by atoms with Crippen molar-refractivity contribution in [2.45, 2.75) is 116 Å². The molecule has 21 heteroatoms. The number of aromatic nitrogens is 2. The second-order valence-corrected chi connectivity index (χ2v) is 21.9. The molecule has 0 aliphatic carbocycles. The Morgan fingerprint density at radius 1 is 0.506 bits per heavy atom. The van der Waals surface area contributed by atoms with Gasteiger partial charge in [-0.25, -0.2) is 17.6 Å². The number of thiophene rings is 2. The van der Waals surface area contributed by atoms with Crippen LogP contribution in [0.5, 0.6) is 0 Å². The number of carbonyl (C=O) groups excluding carboxylic acids is 4. The molecule has 0 radical (unpaired) electrons. The van der Waals surface area contributed by atoms with Crippen molar-refractivity contribution < 1.29 is 67.4 Å². The van der Waals surface area contributed by atoms with Crippen LogP contribution in [0.1, 0.15) is 110 Å². The van der Waals surface area contributed by atoms with E-state index in [1.165, 1.54) is 34.8 Å². The molecule has 0 spiro atoms. The summed E-state index contributed by atoms with van der Waals surface area (Å²) in [7, 11) is 0. The van der Waals surface area contributed by atoms with Gasteiger partial charge in [-0.15, -0.1) is 0 Å². The summed E-state index contributed by atoms with van der Waals surface area (Å²) in [5, 5.41) is 76.3. The van der Waals surface area contributed by atoms with Crippen LogP contribution in [0.4, 0.5) is 28.9 Å². The number of hydrogen-bond acceptors (Lipinski definition) is 12. The van der Waals surface area contributed by atoms with E-state index in [1.807, 2.05) is 82.6 Å². The van der Waals surface area contributed by atoms with E-state index in [2.05, 4.69) is 10.6 Å². The van der Waals surface area contributed by atoms with E-state index in [4.69, 9.17) is 0 Å². The van der Waals surface area contributed by atoms with Crippen molar-refractivity contribution in [2.24, 2.45) is 0 Å². The molecule has 2 amide bonds. The van der Waals surface area contributed by atoms with Gasteiger partial charge in [-0.1, -0.05) is 64.1 Å². The summed E-state index contributed by atoms with van der Waals surface area (Å²) < 4.78 is 60.8. The number of benzene rings is 4.